The van der Waals surface area contributed by atoms with E-state index >= 15 is 0 Å². The van der Waals surface area contributed by atoms with E-state index in [9.17, 15) is 32.4 Å². The first kappa shape index (κ1) is 26.0. The largest absolute Gasteiger partial charge is 0.289 e. The lowest BCUT2D eigenvalue weighted by Crippen LogP contribution is -2.29. The van der Waals surface area contributed by atoms with Crippen LogP contribution in [0.5, 0.6) is 0 Å². The van der Waals surface area contributed by atoms with E-state index in [2.05, 4.69) is 0 Å². The van der Waals surface area contributed by atoms with Crippen molar-refractivity contribution >= 4 is 44.9 Å². The summed E-state index contributed by atoms with van der Waals surface area (Å²) in [5.74, 6) is -2.84. The topological polar surface area (TPSA) is 126 Å². The molecule has 10 heteroatoms. The number of hydrogen-bond acceptors (Lipinski definition) is 7. The van der Waals surface area contributed by atoms with E-state index in [4.69, 9.17) is 0 Å². The molecule has 4 aromatic rings. The average molecular weight is 565 g/mol. The maximum Gasteiger partial charge on any atom is 0.266 e. The van der Waals surface area contributed by atoms with Gasteiger partial charge in [-0.05, 0) is 67.1 Å². The van der Waals surface area contributed by atoms with E-state index in [0.29, 0.717) is 0 Å². The number of sulfone groups is 1. The molecule has 41 heavy (non-hydrogen) atoms. The normalized spacial score (nSPS) is 14.5. The number of hydrogen-bond donors (Lipinski definition) is 0. The van der Waals surface area contributed by atoms with Crippen LogP contribution in [0.2, 0.25) is 0 Å². The maximum absolute atomic E-state index is 13.4. The number of amides is 4. The third-order valence-corrected chi connectivity index (χ3v) is 8.94. The molecule has 202 valence electrons. The van der Waals surface area contributed by atoms with Gasteiger partial charge < -0.3 is 0 Å². The molecule has 6 rings (SSSR count). The summed E-state index contributed by atoms with van der Waals surface area (Å²) in [6, 6.07) is 20.2. The smallest absolute Gasteiger partial charge is 0.266 e. The lowest BCUT2D eigenvalue weighted by Gasteiger charge is -2.15. The number of carbonyl (C=O) groups is 5. The van der Waals surface area contributed by atoms with Crippen LogP contribution in [0.4, 0.5) is 5.69 Å². The van der Waals surface area contributed by atoms with Gasteiger partial charge in [0.2, 0.25) is 9.84 Å². The van der Waals surface area contributed by atoms with Crippen LogP contribution in [0.15, 0.2) is 94.7 Å². The van der Waals surface area contributed by atoms with Crippen LogP contribution in [-0.4, -0.2) is 49.8 Å². The van der Waals surface area contributed by atoms with E-state index in [0.717, 1.165) is 15.4 Å². The van der Waals surface area contributed by atoms with Gasteiger partial charge in [0, 0.05) is 18.2 Å². The minimum Gasteiger partial charge on any atom is -0.289 e. The first-order chi connectivity index (χ1) is 19.5. The Kier molecular flexibility index (Phi) is 5.82. The zero-order valence-electron chi connectivity index (χ0n) is 21.7. The molecule has 2 aliphatic rings. The number of nitrogens with zero attached hydrogens (tertiary/aromatic N) is 2. The van der Waals surface area contributed by atoms with Crippen LogP contribution in [0.1, 0.15) is 62.9 Å². The Bertz CT molecular complexity index is 2000. The molecule has 0 bridgehead atoms. The highest BCUT2D eigenvalue weighted by Gasteiger charge is 2.38. The Labute approximate surface area is 234 Å². The highest BCUT2D eigenvalue weighted by Crippen LogP contribution is 2.32. The fourth-order valence-corrected chi connectivity index (χ4v) is 6.40. The zero-order chi connectivity index (χ0) is 29.2. The average Bonchev–Trinajstić information content (AvgIpc) is 3.35. The van der Waals surface area contributed by atoms with Crippen LogP contribution in [-0.2, 0) is 9.84 Å². The minimum absolute atomic E-state index is 0.0139. The standard InChI is InChI=1S/C31H20N2O7S/c1-17-5-3-7-21(13-17)41(39,40)22-8-4-6-20(16-22)33-30(37)24-12-10-19(15-26(24)31(33)38)27(34)18-9-11-23-25(14-18)29(36)32(2)28(23)35/h3-16H,1-2H3. The van der Waals surface area contributed by atoms with Gasteiger partial charge in [0.05, 0.1) is 37.7 Å². The summed E-state index contributed by atoms with van der Waals surface area (Å²) in [5.41, 5.74) is 1.45. The molecule has 0 unspecified atom stereocenters. The summed E-state index contributed by atoms with van der Waals surface area (Å²) in [5, 5.41) is 0. The number of carbonyl (C=O) groups excluding carboxylic acids is 5. The van der Waals surface area contributed by atoms with Gasteiger partial charge in [-0.1, -0.05) is 30.3 Å². The molecule has 0 spiro atoms. The monoisotopic (exact) mass is 564 g/mol. The highest BCUT2D eigenvalue weighted by molar-refractivity contribution is 7.91. The summed E-state index contributed by atoms with van der Waals surface area (Å²) in [6.45, 7) is 1.77. The zero-order valence-corrected chi connectivity index (χ0v) is 22.6. The van der Waals surface area contributed by atoms with Crippen LogP contribution in [0.3, 0.4) is 0 Å². The van der Waals surface area contributed by atoms with Gasteiger partial charge >= 0.3 is 0 Å². The Morgan fingerprint density at radius 3 is 1.76 bits per heavy atom. The second kappa shape index (κ2) is 9.17. The van der Waals surface area contributed by atoms with Crippen molar-refractivity contribution in [3.63, 3.8) is 0 Å². The van der Waals surface area contributed by atoms with E-state index in [1.54, 1.807) is 19.1 Å². The van der Waals surface area contributed by atoms with E-state index in [1.807, 2.05) is 0 Å². The number of benzene rings is 4. The second-order valence-corrected chi connectivity index (χ2v) is 11.7. The lowest BCUT2D eigenvalue weighted by atomic mass is 9.96. The fourth-order valence-electron chi connectivity index (χ4n) is 4.99. The molecule has 0 radical (unpaired) electrons. The molecule has 4 amide bonds. The van der Waals surface area contributed by atoms with Crippen molar-refractivity contribution in [2.45, 2.75) is 16.7 Å². The molecule has 0 aliphatic carbocycles. The Hall–Kier alpha value is -5.22. The molecule has 4 aromatic carbocycles. The number of rotatable bonds is 5. The van der Waals surface area contributed by atoms with Crippen molar-refractivity contribution in [1.82, 2.24) is 4.90 Å². The Morgan fingerprint density at radius 2 is 1.12 bits per heavy atom. The van der Waals surface area contributed by atoms with Crippen LogP contribution in [0.25, 0.3) is 0 Å². The lowest BCUT2D eigenvalue weighted by molar-refractivity contribution is 0.0692. The molecule has 2 aliphatic heterocycles. The van der Waals surface area contributed by atoms with Crippen molar-refractivity contribution in [2.24, 2.45) is 0 Å². The van der Waals surface area contributed by atoms with Gasteiger partial charge in [-0.15, -0.1) is 0 Å². The third-order valence-electron chi connectivity index (χ3n) is 7.19. The fraction of sp³-hybridized carbons (Fsp3) is 0.0645. The minimum atomic E-state index is -3.92. The second-order valence-electron chi connectivity index (χ2n) is 9.78. The summed E-state index contributed by atoms with van der Waals surface area (Å²) < 4.78 is 26.5. The van der Waals surface area contributed by atoms with Gasteiger partial charge in [-0.2, -0.15) is 0 Å². The number of fused-ring (bicyclic) bond motifs is 2. The predicted octanol–water partition coefficient (Wildman–Crippen LogP) is 4.09. The van der Waals surface area contributed by atoms with Crippen molar-refractivity contribution < 1.29 is 32.4 Å². The number of anilines is 1. The van der Waals surface area contributed by atoms with Crippen molar-refractivity contribution in [3.8, 4) is 0 Å². The molecule has 2 heterocycles. The van der Waals surface area contributed by atoms with Crippen LogP contribution >= 0.6 is 0 Å². The summed E-state index contributed by atoms with van der Waals surface area (Å²) in [4.78, 5) is 66.4. The van der Waals surface area contributed by atoms with Crippen LogP contribution < -0.4 is 4.90 Å². The van der Waals surface area contributed by atoms with E-state index in [1.165, 1.54) is 79.8 Å². The van der Waals surface area contributed by atoms with Gasteiger partial charge in [-0.25, -0.2) is 13.3 Å². The predicted molar refractivity (Wildman–Crippen MR) is 147 cm³/mol. The molecule has 0 fully saturated rings. The van der Waals surface area contributed by atoms with E-state index in [-0.39, 0.29) is 48.9 Å². The number of aryl methyl sites for hydroxylation is 1. The van der Waals surface area contributed by atoms with Gasteiger partial charge in [0.15, 0.2) is 5.78 Å². The van der Waals surface area contributed by atoms with E-state index < -0.39 is 39.2 Å². The van der Waals surface area contributed by atoms with Crippen molar-refractivity contribution in [1.29, 1.82) is 0 Å². The highest BCUT2D eigenvalue weighted by atomic mass is 32.2. The molecule has 0 saturated heterocycles. The molecule has 0 aromatic heterocycles. The molecular weight excluding hydrogens is 544 g/mol. The first-order valence-electron chi connectivity index (χ1n) is 12.4. The molecule has 0 N–H and O–H groups in total. The molecule has 0 atom stereocenters. The van der Waals surface area contributed by atoms with Gasteiger partial charge in [0.25, 0.3) is 23.6 Å². The number of imide groups is 2. The van der Waals surface area contributed by atoms with Crippen molar-refractivity contribution in [2.75, 3.05) is 11.9 Å². The summed E-state index contributed by atoms with van der Waals surface area (Å²) in [7, 11) is -2.57. The van der Waals surface area contributed by atoms with Crippen molar-refractivity contribution in [3.05, 3.63) is 124 Å². The first-order valence-corrected chi connectivity index (χ1v) is 13.9. The summed E-state index contributed by atoms with van der Waals surface area (Å²) in [6.07, 6.45) is 0. The Morgan fingerprint density at radius 1 is 0.610 bits per heavy atom. The quantitative estimate of drug-likeness (QED) is 0.264. The third kappa shape index (κ3) is 3.99. The Balaban J connectivity index is 1.33. The SMILES string of the molecule is Cc1cccc(S(=O)(=O)c2cccc(N3C(=O)c4ccc(C(=O)c5ccc6c(c5)C(=O)N(C)C6=O)cc4C3=O)c2)c1. The molecule has 0 saturated carbocycles. The van der Waals surface area contributed by atoms with Gasteiger partial charge in [0.1, 0.15) is 0 Å². The van der Waals surface area contributed by atoms with Gasteiger partial charge in [-0.3, -0.25) is 28.9 Å². The molecule has 9 nitrogen and oxygen atoms in total. The summed E-state index contributed by atoms with van der Waals surface area (Å²) >= 11 is 0. The molecular formula is C31H20N2O7S. The van der Waals surface area contributed by atoms with Crippen LogP contribution in [0, 0.1) is 6.92 Å². The maximum atomic E-state index is 13.4. The number of ketones is 1.